The second kappa shape index (κ2) is 11.2. The molecule has 0 aliphatic carbocycles. The van der Waals surface area contributed by atoms with E-state index in [4.69, 9.17) is 0 Å². The van der Waals surface area contributed by atoms with Crippen molar-refractivity contribution in [2.24, 2.45) is 0 Å². The van der Waals surface area contributed by atoms with E-state index in [0.717, 1.165) is 34.4 Å². The van der Waals surface area contributed by atoms with Gasteiger partial charge in [-0.3, -0.25) is 19.7 Å². The van der Waals surface area contributed by atoms with Crippen molar-refractivity contribution in [3.63, 3.8) is 0 Å². The first-order valence-electron chi connectivity index (χ1n) is 11.9. The van der Waals surface area contributed by atoms with Gasteiger partial charge in [-0.25, -0.2) is 0 Å². The third kappa shape index (κ3) is 5.53. The molecular weight excluding hydrogens is 444 g/mol. The number of aromatic nitrogens is 3. The van der Waals surface area contributed by atoms with Crippen LogP contribution in [0.5, 0.6) is 0 Å². The van der Waals surface area contributed by atoms with Gasteiger partial charge < -0.3 is 5.32 Å². The summed E-state index contributed by atoms with van der Waals surface area (Å²) in [7, 11) is 0. The molecule has 36 heavy (non-hydrogen) atoms. The zero-order valence-corrected chi connectivity index (χ0v) is 19.8. The van der Waals surface area contributed by atoms with Crippen LogP contribution in [0.15, 0.2) is 122 Å². The predicted molar refractivity (Wildman–Crippen MR) is 141 cm³/mol. The molecule has 0 aliphatic rings. The Balaban J connectivity index is 1.42. The summed E-state index contributed by atoms with van der Waals surface area (Å²) >= 11 is 0. The van der Waals surface area contributed by atoms with Crippen LogP contribution in [0.1, 0.15) is 38.7 Å². The van der Waals surface area contributed by atoms with Crippen LogP contribution in [0.4, 0.5) is 0 Å². The summed E-state index contributed by atoms with van der Waals surface area (Å²) in [5, 5.41) is 2.97. The van der Waals surface area contributed by atoms with E-state index in [1.165, 1.54) is 5.56 Å². The summed E-state index contributed by atoms with van der Waals surface area (Å²) in [6, 6.07) is 30.0. The largest absolute Gasteiger partial charge is 0.346 e. The highest BCUT2D eigenvalue weighted by atomic mass is 16.1. The van der Waals surface area contributed by atoms with Crippen LogP contribution in [-0.2, 0) is 13.0 Å². The second-order valence-electron chi connectivity index (χ2n) is 8.57. The summed E-state index contributed by atoms with van der Waals surface area (Å²) in [4.78, 5) is 25.9. The molecule has 0 saturated carbocycles. The van der Waals surface area contributed by atoms with E-state index in [0.29, 0.717) is 12.1 Å². The van der Waals surface area contributed by atoms with Crippen molar-refractivity contribution >= 4 is 5.91 Å². The number of nitrogens with one attached hydrogen (secondary N) is 1. The van der Waals surface area contributed by atoms with Crippen LogP contribution in [0.2, 0.25) is 0 Å². The lowest BCUT2D eigenvalue weighted by Gasteiger charge is -2.20. The lowest BCUT2D eigenvalue weighted by Crippen LogP contribution is -2.23. The summed E-state index contributed by atoms with van der Waals surface area (Å²) < 4.78 is 0. The Morgan fingerprint density at radius 2 is 1.50 bits per heavy atom. The van der Waals surface area contributed by atoms with Crippen molar-refractivity contribution < 1.29 is 4.79 Å². The lowest BCUT2D eigenvalue weighted by molar-refractivity contribution is 0.0950. The highest BCUT2D eigenvalue weighted by molar-refractivity contribution is 5.95. The van der Waals surface area contributed by atoms with Gasteiger partial charge in [-0.15, -0.1) is 0 Å². The number of rotatable bonds is 8. The van der Waals surface area contributed by atoms with E-state index in [1.807, 2.05) is 67.0 Å². The topological polar surface area (TPSA) is 67.8 Å². The first-order chi connectivity index (χ1) is 17.8. The van der Waals surface area contributed by atoms with Crippen LogP contribution < -0.4 is 5.32 Å². The molecule has 0 fully saturated rings. The summed E-state index contributed by atoms with van der Waals surface area (Å²) in [5.41, 5.74) is 7.03. The van der Waals surface area contributed by atoms with Gasteiger partial charge in [0, 0.05) is 42.5 Å². The molecule has 0 bridgehead atoms. The minimum Gasteiger partial charge on any atom is -0.346 e. The number of pyridine rings is 3. The zero-order chi connectivity index (χ0) is 24.6. The van der Waals surface area contributed by atoms with E-state index in [1.54, 1.807) is 18.6 Å². The third-order valence-corrected chi connectivity index (χ3v) is 6.21. The number of nitrogens with zero attached hydrogens (tertiary/aromatic N) is 3. The number of carbonyl (C=O) groups excluding carboxylic acids is 1. The van der Waals surface area contributed by atoms with Gasteiger partial charge in [0.25, 0.3) is 5.91 Å². The van der Waals surface area contributed by atoms with Crippen LogP contribution in [0.25, 0.3) is 11.1 Å². The Morgan fingerprint density at radius 1 is 0.750 bits per heavy atom. The quantitative estimate of drug-likeness (QED) is 0.309. The van der Waals surface area contributed by atoms with Crippen LogP contribution in [-0.4, -0.2) is 20.9 Å². The highest BCUT2D eigenvalue weighted by Gasteiger charge is 2.18. The minimum atomic E-state index is -0.122. The molecule has 5 heteroatoms. The molecular formula is C31H26N4O. The van der Waals surface area contributed by atoms with Crippen molar-refractivity contribution in [1.29, 1.82) is 0 Å². The molecule has 2 aromatic carbocycles. The smallest absolute Gasteiger partial charge is 0.251 e. The fourth-order valence-electron chi connectivity index (χ4n) is 4.40. The molecule has 0 aliphatic heterocycles. The van der Waals surface area contributed by atoms with Gasteiger partial charge in [0.05, 0.1) is 12.2 Å². The van der Waals surface area contributed by atoms with Crippen molar-refractivity contribution in [3.8, 4) is 11.1 Å². The van der Waals surface area contributed by atoms with E-state index >= 15 is 0 Å². The van der Waals surface area contributed by atoms with E-state index in [-0.39, 0.29) is 11.8 Å². The molecule has 5 aromatic rings. The van der Waals surface area contributed by atoms with Crippen LogP contribution in [0.3, 0.4) is 0 Å². The number of benzene rings is 2. The Morgan fingerprint density at radius 3 is 2.19 bits per heavy atom. The van der Waals surface area contributed by atoms with Gasteiger partial charge in [0.15, 0.2) is 0 Å². The maximum Gasteiger partial charge on any atom is 0.251 e. The fraction of sp³-hybridized carbons (Fsp3) is 0.0968. The first kappa shape index (κ1) is 23.1. The first-order valence-corrected chi connectivity index (χ1v) is 11.9. The molecule has 3 aromatic heterocycles. The Kier molecular flexibility index (Phi) is 7.19. The van der Waals surface area contributed by atoms with Crippen LogP contribution >= 0.6 is 0 Å². The molecule has 1 N–H and O–H groups in total. The SMILES string of the molecule is O=C(NCc1ccccn1)c1cccc(-c2ccccc2CC(c2cccnc2)c2cccnc2)c1. The van der Waals surface area contributed by atoms with E-state index in [2.05, 4.69) is 56.7 Å². The zero-order valence-electron chi connectivity index (χ0n) is 19.8. The Labute approximate surface area is 210 Å². The van der Waals surface area contributed by atoms with Crippen molar-refractivity contribution in [2.45, 2.75) is 18.9 Å². The summed E-state index contributed by atoms with van der Waals surface area (Å²) in [5.74, 6) is -0.0121. The maximum absolute atomic E-state index is 12.9. The van der Waals surface area contributed by atoms with Gasteiger partial charge in [0.1, 0.15) is 0 Å². The second-order valence-corrected chi connectivity index (χ2v) is 8.57. The molecule has 3 heterocycles. The van der Waals surface area contributed by atoms with Gasteiger partial charge in [-0.1, -0.05) is 54.6 Å². The highest BCUT2D eigenvalue weighted by Crippen LogP contribution is 2.32. The van der Waals surface area contributed by atoms with Crippen molar-refractivity contribution in [3.05, 3.63) is 150 Å². The predicted octanol–water partition coefficient (Wildman–Crippen LogP) is 5.84. The summed E-state index contributed by atoms with van der Waals surface area (Å²) in [6.07, 6.45) is 9.94. The van der Waals surface area contributed by atoms with Gasteiger partial charge in [-0.05, 0) is 70.6 Å². The standard InChI is InChI=1S/C31H26N4O/c36-31(35-22-28-13-3-4-17-34-28)25-10-5-9-23(18-25)29-14-2-1-8-24(29)19-30(26-11-6-15-32-20-26)27-12-7-16-33-21-27/h1-18,20-21,30H,19,22H2,(H,35,36). The molecule has 0 atom stereocenters. The molecule has 0 spiro atoms. The number of hydrogen-bond acceptors (Lipinski definition) is 4. The Hall–Kier alpha value is -4.64. The van der Waals surface area contributed by atoms with Gasteiger partial charge in [-0.2, -0.15) is 0 Å². The van der Waals surface area contributed by atoms with Crippen molar-refractivity contribution in [2.75, 3.05) is 0 Å². The Bertz CT molecular complexity index is 1380. The van der Waals surface area contributed by atoms with Crippen molar-refractivity contribution in [1.82, 2.24) is 20.3 Å². The number of hydrogen-bond donors (Lipinski definition) is 1. The van der Waals surface area contributed by atoms with Gasteiger partial charge in [0.2, 0.25) is 0 Å². The molecule has 5 nitrogen and oxygen atoms in total. The third-order valence-electron chi connectivity index (χ3n) is 6.21. The van der Waals surface area contributed by atoms with Gasteiger partial charge >= 0.3 is 0 Å². The number of amides is 1. The molecule has 0 radical (unpaired) electrons. The average Bonchev–Trinajstić information content (AvgIpc) is 2.96. The van der Waals surface area contributed by atoms with E-state index in [9.17, 15) is 4.79 Å². The molecule has 176 valence electrons. The molecule has 1 amide bonds. The van der Waals surface area contributed by atoms with Crippen LogP contribution in [0, 0.1) is 0 Å². The minimum absolute atomic E-state index is 0.110. The average molecular weight is 471 g/mol. The molecule has 5 rings (SSSR count). The normalized spacial score (nSPS) is 10.8. The molecule has 0 unspecified atom stereocenters. The van der Waals surface area contributed by atoms with E-state index < -0.39 is 0 Å². The number of carbonyl (C=O) groups is 1. The monoisotopic (exact) mass is 470 g/mol. The summed E-state index contributed by atoms with van der Waals surface area (Å²) in [6.45, 7) is 0.387. The lowest BCUT2D eigenvalue weighted by atomic mass is 9.85. The maximum atomic E-state index is 12.9. The molecule has 0 saturated heterocycles. The fourth-order valence-corrected chi connectivity index (χ4v) is 4.40.